The van der Waals surface area contributed by atoms with Crippen LogP contribution in [0.5, 0.6) is 0 Å². The predicted molar refractivity (Wildman–Crippen MR) is 65.5 cm³/mol. The molecule has 80 valence electrons. The Balaban J connectivity index is 0.000000853. The lowest BCUT2D eigenvalue weighted by Gasteiger charge is -2.07. The number of benzene rings is 1. The fourth-order valence-corrected chi connectivity index (χ4v) is 2.33. The van der Waals surface area contributed by atoms with E-state index < -0.39 is 0 Å². The number of hydrogen-bond donors (Lipinski definition) is 2. The van der Waals surface area contributed by atoms with Crippen LogP contribution in [0.2, 0.25) is 0 Å². The highest BCUT2D eigenvalue weighted by atomic mass is 35.5. The number of hydrogen-bond acceptors (Lipinski definition) is 1. The van der Waals surface area contributed by atoms with Gasteiger partial charge in [0.05, 0.1) is 0 Å². The molecule has 0 aliphatic carbocycles. The Morgan fingerprint density at radius 3 is 2.87 bits per heavy atom. The van der Waals surface area contributed by atoms with Crippen molar-refractivity contribution in [3.05, 3.63) is 36.0 Å². The van der Waals surface area contributed by atoms with E-state index in [1.807, 2.05) is 0 Å². The number of aromatic nitrogens is 1. The zero-order valence-electron chi connectivity index (χ0n) is 8.49. The van der Waals surface area contributed by atoms with Gasteiger partial charge < -0.3 is 10.3 Å². The van der Waals surface area contributed by atoms with Crippen LogP contribution in [0.3, 0.4) is 0 Å². The summed E-state index contributed by atoms with van der Waals surface area (Å²) in [6.45, 7) is 1.16. The average molecular weight is 223 g/mol. The van der Waals surface area contributed by atoms with Crippen LogP contribution in [0.4, 0.5) is 0 Å². The number of para-hydroxylation sites is 1. The first-order valence-electron chi connectivity index (χ1n) is 5.24. The van der Waals surface area contributed by atoms with E-state index in [1.165, 1.54) is 29.3 Å². The van der Waals surface area contributed by atoms with Crippen molar-refractivity contribution in [2.45, 2.75) is 18.9 Å². The highest BCUT2D eigenvalue weighted by Crippen LogP contribution is 2.29. The molecule has 2 nitrogen and oxygen atoms in total. The standard InChI is InChI=1S/C12H14N2.ClH/c1-2-5-11-9(4-1)10(8-14-11)12-6-3-7-13-12;/h1-2,4-5,8,12-14H,3,6-7H2;1H/t12-;/m0./s1. The van der Waals surface area contributed by atoms with Crippen molar-refractivity contribution >= 4 is 23.3 Å². The van der Waals surface area contributed by atoms with Crippen LogP contribution in [-0.2, 0) is 0 Å². The number of aromatic amines is 1. The van der Waals surface area contributed by atoms with Gasteiger partial charge in [-0.2, -0.15) is 0 Å². The molecule has 2 aromatic rings. The molecule has 0 bridgehead atoms. The van der Waals surface area contributed by atoms with Crippen LogP contribution in [0.15, 0.2) is 30.5 Å². The number of rotatable bonds is 1. The van der Waals surface area contributed by atoms with Gasteiger partial charge in [-0.15, -0.1) is 12.4 Å². The lowest BCUT2D eigenvalue weighted by molar-refractivity contribution is 0.652. The molecule has 3 rings (SSSR count). The van der Waals surface area contributed by atoms with Crippen LogP contribution < -0.4 is 5.32 Å². The fraction of sp³-hybridized carbons (Fsp3) is 0.333. The Bertz CT molecular complexity index is 444. The first-order valence-corrected chi connectivity index (χ1v) is 5.24. The second kappa shape index (κ2) is 4.25. The SMILES string of the molecule is Cl.c1ccc2c([C@@H]3CCCN3)c[nH]c2c1. The molecule has 1 aromatic heterocycles. The highest BCUT2D eigenvalue weighted by molar-refractivity contribution is 5.85. The third kappa shape index (κ3) is 1.75. The molecule has 1 fully saturated rings. The summed E-state index contributed by atoms with van der Waals surface area (Å²) < 4.78 is 0. The van der Waals surface area contributed by atoms with E-state index in [1.54, 1.807) is 0 Å². The number of fused-ring (bicyclic) bond motifs is 1. The van der Waals surface area contributed by atoms with Crippen LogP contribution in [-0.4, -0.2) is 11.5 Å². The minimum Gasteiger partial charge on any atom is -0.361 e. The van der Waals surface area contributed by atoms with Crippen LogP contribution in [0, 0.1) is 0 Å². The summed E-state index contributed by atoms with van der Waals surface area (Å²) in [5.41, 5.74) is 2.68. The Hall–Kier alpha value is -0.990. The molecule has 0 radical (unpaired) electrons. The van der Waals surface area contributed by atoms with Gasteiger partial charge in [-0.25, -0.2) is 0 Å². The normalized spacial score (nSPS) is 20.4. The van der Waals surface area contributed by atoms with Crippen molar-refractivity contribution < 1.29 is 0 Å². The fourth-order valence-electron chi connectivity index (χ4n) is 2.33. The molecule has 1 aromatic carbocycles. The van der Waals surface area contributed by atoms with Gasteiger partial charge in [0, 0.05) is 23.1 Å². The van der Waals surface area contributed by atoms with Gasteiger partial charge in [0.2, 0.25) is 0 Å². The van der Waals surface area contributed by atoms with Gasteiger partial charge in [0.15, 0.2) is 0 Å². The number of halogens is 1. The first kappa shape index (κ1) is 10.5. The molecule has 1 aliphatic rings. The molecule has 1 atom stereocenters. The lowest BCUT2D eigenvalue weighted by atomic mass is 10.0. The van der Waals surface area contributed by atoms with E-state index in [0.29, 0.717) is 6.04 Å². The van der Waals surface area contributed by atoms with E-state index >= 15 is 0 Å². The lowest BCUT2D eigenvalue weighted by Crippen LogP contribution is -2.12. The Morgan fingerprint density at radius 1 is 1.20 bits per heavy atom. The van der Waals surface area contributed by atoms with Gasteiger partial charge in [0.1, 0.15) is 0 Å². The molecule has 0 unspecified atom stereocenters. The van der Waals surface area contributed by atoms with E-state index in [2.05, 4.69) is 40.8 Å². The molecule has 2 N–H and O–H groups in total. The summed E-state index contributed by atoms with van der Waals surface area (Å²) in [5, 5.41) is 4.90. The maximum absolute atomic E-state index is 3.53. The second-order valence-electron chi connectivity index (χ2n) is 3.94. The molecular formula is C12H15ClN2. The summed E-state index contributed by atoms with van der Waals surface area (Å²) in [5.74, 6) is 0. The van der Waals surface area contributed by atoms with Crippen molar-refractivity contribution in [2.24, 2.45) is 0 Å². The summed E-state index contributed by atoms with van der Waals surface area (Å²) in [7, 11) is 0. The number of nitrogens with one attached hydrogen (secondary N) is 2. The number of H-pyrrole nitrogens is 1. The minimum atomic E-state index is 0. The molecule has 2 heterocycles. The molecular weight excluding hydrogens is 208 g/mol. The van der Waals surface area contributed by atoms with Gasteiger partial charge in [-0.3, -0.25) is 0 Å². The average Bonchev–Trinajstić information content (AvgIpc) is 2.85. The largest absolute Gasteiger partial charge is 0.361 e. The first-order chi connectivity index (χ1) is 6.95. The van der Waals surface area contributed by atoms with Gasteiger partial charge in [-0.1, -0.05) is 18.2 Å². The highest BCUT2D eigenvalue weighted by Gasteiger charge is 2.18. The van der Waals surface area contributed by atoms with Crippen LogP contribution >= 0.6 is 12.4 Å². The van der Waals surface area contributed by atoms with Crippen LogP contribution in [0.25, 0.3) is 10.9 Å². The molecule has 1 saturated heterocycles. The molecule has 0 spiro atoms. The zero-order valence-corrected chi connectivity index (χ0v) is 9.31. The van der Waals surface area contributed by atoms with E-state index in [0.717, 1.165) is 6.54 Å². The van der Waals surface area contributed by atoms with Gasteiger partial charge >= 0.3 is 0 Å². The molecule has 0 saturated carbocycles. The van der Waals surface area contributed by atoms with Crippen molar-refractivity contribution in [3.8, 4) is 0 Å². The third-order valence-corrected chi connectivity index (χ3v) is 3.06. The molecule has 3 heteroatoms. The maximum atomic E-state index is 3.53. The summed E-state index contributed by atoms with van der Waals surface area (Å²) in [4.78, 5) is 3.33. The van der Waals surface area contributed by atoms with Crippen molar-refractivity contribution in [1.82, 2.24) is 10.3 Å². The predicted octanol–water partition coefficient (Wildman–Crippen LogP) is 3.01. The Labute approximate surface area is 95.5 Å². The van der Waals surface area contributed by atoms with E-state index in [9.17, 15) is 0 Å². The minimum absolute atomic E-state index is 0. The summed E-state index contributed by atoms with van der Waals surface area (Å²) >= 11 is 0. The van der Waals surface area contributed by atoms with Crippen molar-refractivity contribution in [2.75, 3.05) is 6.54 Å². The van der Waals surface area contributed by atoms with E-state index in [-0.39, 0.29) is 12.4 Å². The van der Waals surface area contributed by atoms with Crippen molar-refractivity contribution in [3.63, 3.8) is 0 Å². The van der Waals surface area contributed by atoms with Crippen LogP contribution in [0.1, 0.15) is 24.4 Å². The summed E-state index contributed by atoms with van der Waals surface area (Å²) in [6.07, 6.45) is 4.71. The van der Waals surface area contributed by atoms with E-state index in [4.69, 9.17) is 0 Å². The molecule has 1 aliphatic heterocycles. The quantitative estimate of drug-likeness (QED) is 0.763. The maximum Gasteiger partial charge on any atom is 0.0457 e. The third-order valence-electron chi connectivity index (χ3n) is 3.06. The smallest absolute Gasteiger partial charge is 0.0457 e. The summed E-state index contributed by atoms with van der Waals surface area (Å²) in [6, 6.07) is 9.07. The Kier molecular flexibility index (Phi) is 2.98. The Morgan fingerprint density at radius 2 is 2.07 bits per heavy atom. The topological polar surface area (TPSA) is 27.8 Å². The monoisotopic (exact) mass is 222 g/mol. The van der Waals surface area contributed by atoms with Gasteiger partial charge in [0.25, 0.3) is 0 Å². The second-order valence-corrected chi connectivity index (χ2v) is 3.94. The molecule has 0 amide bonds. The van der Waals surface area contributed by atoms with Gasteiger partial charge in [-0.05, 0) is 31.0 Å². The van der Waals surface area contributed by atoms with Crippen molar-refractivity contribution in [1.29, 1.82) is 0 Å². The zero-order chi connectivity index (χ0) is 9.38. The molecule has 15 heavy (non-hydrogen) atoms.